The molecule has 2 N–H and O–H groups in total. The summed E-state index contributed by atoms with van der Waals surface area (Å²) in [6.07, 6.45) is 1.60. The minimum atomic E-state index is 0.319. The van der Waals surface area contributed by atoms with E-state index in [0.29, 0.717) is 58.2 Å². The largest absolute Gasteiger partial charge is 0.397 e. The van der Waals surface area contributed by atoms with Crippen molar-refractivity contribution >= 4 is 75.3 Å². The third-order valence-corrected chi connectivity index (χ3v) is 5.51. The summed E-state index contributed by atoms with van der Waals surface area (Å²) in [5.74, 6) is 0. The van der Waals surface area contributed by atoms with E-state index in [0.717, 1.165) is 0 Å². The lowest BCUT2D eigenvalue weighted by molar-refractivity contribution is 1.33. The van der Waals surface area contributed by atoms with E-state index in [1.807, 2.05) is 0 Å². The molecular weight excluding hydrogens is 445 g/mol. The number of hydrogen-bond acceptors (Lipinski definition) is 2. The first-order chi connectivity index (χ1) is 11.8. The second kappa shape index (κ2) is 7.40. The van der Waals surface area contributed by atoms with Crippen molar-refractivity contribution in [1.29, 1.82) is 0 Å². The predicted molar refractivity (Wildman–Crippen MR) is 110 cm³/mol. The summed E-state index contributed by atoms with van der Waals surface area (Å²) >= 11 is 36.8. The third-order valence-electron chi connectivity index (χ3n) is 3.47. The molecule has 0 aliphatic rings. The Balaban J connectivity index is 2.15. The molecule has 3 aromatic rings. The Morgan fingerprint density at radius 3 is 1.76 bits per heavy atom. The number of anilines is 1. The molecule has 1 heterocycles. The fourth-order valence-electron chi connectivity index (χ4n) is 2.35. The van der Waals surface area contributed by atoms with Crippen LogP contribution in [0.1, 0.15) is 0 Å². The quantitative estimate of drug-likeness (QED) is 0.401. The molecule has 0 amide bonds. The highest BCUT2D eigenvalue weighted by atomic mass is 35.5. The van der Waals surface area contributed by atoms with Gasteiger partial charge in [0, 0.05) is 32.9 Å². The summed E-state index contributed by atoms with van der Waals surface area (Å²) in [4.78, 5) is 4.40. The van der Waals surface area contributed by atoms with Gasteiger partial charge >= 0.3 is 0 Å². The number of nitrogens with zero attached hydrogens (tertiary/aromatic N) is 1. The van der Waals surface area contributed by atoms with Gasteiger partial charge in [-0.05, 0) is 30.3 Å². The van der Waals surface area contributed by atoms with Crippen molar-refractivity contribution in [3.05, 3.63) is 66.7 Å². The second-order valence-corrected chi connectivity index (χ2v) is 7.60. The average molecular weight is 453 g/mol. The van der Waals surface area contributed by atoms with Crippen LogP contribution in [0.4, 0.5) is 5.69 Å². The molecule has 3 rings (SSSR count). The topological polar surface area (TPSA) is 38.9 Å². The summed E-state index contributed by atoms with van der Waals surface area (Å²) in [6, 6.07) is 8.16. The van der Waals surface area contributed by atoms with Crippen LogP contribution in [0.2, 0.25) is 30.1 Å². The molecule has 0 unspecified atom stereocenters. The minimum absolute atomic E-state index is 0.319. The van der Waals surface area contributed by atoms with Crippen LogP contribution in [-0.2, 0) is 0 Å². The molecule has 0 spiro atoms. The Bertz CT molecular complexity index is 987. The van der Waals surface area contributed by atoms with E-state index in [4.69, 9.17) is 75.3 Å². The maximum Gasteiger partial charge on any atom is 0.0947 e. The van der Waals surface area contributed by atoms with Gasteiger partial charge in [-0.25, -0.2) is 0 Å². The maximum absolute atomic E-state index is 6.26. The Hall–Kier alpha value is -0.870. The van der Waals surface area contributed by atoms with E-state index in [9.17, 15) is 0 Å². The van der Waals surface area contributed by atoms with E-state index >= 15 is 0 Å². The molecule has 25 heavy (non-hydrogen) atoms. The molecule has 128 valence electrons. The monoisotopic (exact) mass is 450 g/mol. The van der Waals surface area contributed by atoms with Crippen LogP contribution >= 0.6 is 69.6 Å². The second-order valence-electron chi connectivity index (χ2n) is 5.16. The molecule has 0 aliphatic carbocycles. The van der Waals surface area contributed by atoms with Crippen LogP contribution in [0.5, 0.6) is 0 Å². The zero-order valence-electron chi connectivity index (χ0n) is 12.3. The van der Waals surface area contributed by atoms with Crippen molar-refractivity contribution in [2.24, 2.45) is 0 Å². The number of aromatic nitrogens is 1. The third kappa shape index (κ3) is 3.80. The van der Waals surface area contributed by atoms with Crippen LogP contribution in [0, 0.1) is 0 Å². The van der Waals surface area contributed by atoms with Gasteiger partial charge in [-0.2, -0.15) is 0 Å². The fraction of sp³-hybridized carbons (Fsp3) is 0. The number of benzene rings is 2. The molecule has 0 fully saturated rings. The average Bonchev–Trinajstić information content (AvgIpc) is 2.54. The van der Waals surface area contributed by atoms with Crippen LogP contribution in [0.15, 0.2) is 36.5 Å². The van der Waals surface area contributed by atoms with Gasteiger partial charge in [0.05, 0.1) is 31.5 Å². The Labute approximate surface area is 174 Å². The normalized spacial score (nSPS) is 11.0. The molecule has 8 heteroatoms. The number of halogens is 6. The van der Waals surface area contributed by atoms with Gasteiger partial charge in [0.1, 0.15) is 0 Å². The van der Waals surface area contributed by atoms with Crippen LogP contribution < -0.4 is 5.73 Å². The van der Waals surface area contributed by atoms with Crippen LogP contribution in [-0.4, -0.2) is 4.98 Å². The minimum Gasteiger partial charge on any atom is -0.397 e. The first-order valence-corrected chi connectivity index (χ1v) is 9.10. The van der Waals surface area contributed by atoms with Gasteiger partial charge in [-0.1, -0.05) is 69.6 Å². The lowest BCUT2D eigenvalue weighted by atomic mass is 10.0. The molecule has 1 aromatic heterocycles. The van der Waals surface area contributed by atoms with Gasteiger partial charge in [-0.15, -0.1) is 0 Å². The van der Waals surface area contributed by atoms with Crippen LogP contribution in [0.25, 0.3) is 22.4 Å². The Morgan fingerprint density at radius 1 is 0.680 bits per heavy atom. The van der Waals surface area contributed by atoms with Crippen LogP contribution in [0.3, 0.4) is 0 Å². The molecule has 0 atom stereocenters. The van der Waals surface area contributed by atoms with Crippen molar-refractivity contribution in [3.8, 4) is 22.4 Å². The Morgan fingerprint density at radius 2 is 1.20 bits per heavy atom. The smallest absolute Gasteiger partial charge is 0.0947 e. The fourth-order valence-corrected chi connectivity index (χ4v) is 3.75. The van der Waals surface area contributed by atoms with Crippen molar-refractivity contribution in [2.45, 2.75) is 0 Å². The molecule has 0 bridgehead atoms. The standard InChI is InChI=1S/C17H8Cl6N2/c18-8-2-10(15(22)12(20)4-8)7-1-14(24)17(25-6-7)11-3-9(19)5-13(21)16(11)23/h1-6H,24H2. The van der Waals surface area contributed by atoms with Gasteiger partial charge in [-0.3, -0.25) is 4.98 Å². The number of rotatable bonds is 2. The van der Waals surface area contributed by atoms with Crippen molar-refractivity contribution in [1.82, 2.24) is 4.98 Å². The highest BCUT2D eigenvalue weighted by molar-refractivity contribution is 6.45. The number of pyridine rings is 1. The SMILES string of the molecule is Nc1cc(-c2cc(Cl)cc(Cl)c2Cl)cnc1-c1cc(Cl)cc(Cl)c1Cl. The molecule has 2 nitrogen and oxygen atoms in total. The summed E-state index contributed by atoms with van der Waals surface area (Å²) in [6.45, 7) is 0. The van der Waals surface area contributed by atoms with E-state index in [1.54, 1.807) is 36.5 Å². The van der Waals surface area contributed by atoms with Crippen molar-refractivity contribution in [2.75, 3.05) is 5.73 Å². The van der Waals surface area contributed by atoms with E-state index in [2.05, 4.69) is 4.98 Å². The van der Waals surface area contributed by atoms with Gasteiger partial charge < -0.3 is 5.73 Å². The molecule has 0 radical (unpaired) electrons. The lowest BCUT2D eigenvalue weighted by Crippen LogP contribution is -1.96. The zero-order chi connectivity index (χ0) is 18.3. The van der Waals surface area contributed by atoms with Gasteiger partial charge in [0.15, 0.2) is 0 Å². The van der Waals surface area contributed by atoms with Crippen molar-refractivity contribution in [3.63, 3.8) is 0 Å². The van der Waals surface area contributed by atoms with E-state index in [1.165, 1.54) is 0 Å². The summed E-state index contributed by atoms with van der Waals surface area (Å²) in [5.41, 5.74) is 8.84. The molecule has 0 aliphatic heterocycles. The first kappa shape index (κ1) is 18.9. The molecule has 0 saturated heterocycles. The molecular formula is C17H8Cl6N2. The first-order valence-electron chi connectivity index (χ1n) is 6.83. The summed E-state index contributed by atoms with van der Waals surface area (Å²) < 4.78 is 0. The number of nitrogens with two attached hydrogens (primary N) is 1. The molecule has 0 saturated carbocycles. The van der Waals surface area contributed by atoms with Gasteiger partial charge in [0.2, 0.25) is 0 Å². The summed E-state index contributed by atoms with van der Waals surface area (Å²) in [7, 11) is 0. The van der Waals surface area contributed by atoms with E-state index < -0.39 is 0 Å². The number of nitrogen functional groups attached to an aromatic ring is 1. The number of hydrogen-bond donors (Lipinski definition) is 1. The zero-order valence-corrected chi connectivity index (χ0v) is 16.8. The highest BCUT2D eigenvalue weighted by Gasteiger charge is 2.16. The van der Waals surface area contributed by atoms with Crippen molar-refractivity contribution < 1.29 is 0 Å². The predicted octanol–water partition coefficient (Wildman–Crippen LogP) is 7.92. The summed E-state index contributed by atoms with van der Waals surface area (Å²) in [5, 5.41) is 2.23. The maximum atomic E-state index is 6.26. The highest BCUT2D eigenvalue weighted by Crippen LogP contribution is 2.41. The lowest BCUT2D eigenvalue weighted by Gasteiger charge is -2.12. The Kier molecular flexibility index (Phi) is 5.60. The molecule has 2 aromatic carbocycles. The van der Waals surface area contributed by atoms with E-state index in [-0.39, 0.29) is 0 Å². The van der Waals surface area contributed by atoms with Gasteiger partial charge in [0.25, 0.3) is 0 Å².